The molecular weight excluding hydrogens is 1070 g/mol. The smallest absolute Gasteiger partial charge is 0.279 e. The number of aryl methyl sites for hydroxylation is 1. The summed E-state index contributed by atoms with van der Waals surface area (Å²) in [5.74, 6) is -0.845. The zero-order valence-corrected chi connectivity index (χ0v) is 48.6. The highest BCUT2D eigenvalue weighted by Gasteiger charge is 2.46. The number of methoxy groups -OCH3 is 1. The fourth-order valence-electron chi connectivity index (χ4n) is 10.2. The number of hydrogen-bond donors (Lipinski definition) is 4. The van der Waals surface area contributed by atoms with Gasteiger partial charge in [-0.05, 0) is 99.0 Å². The second-order valence-electron chi connectivity index (χ2n) is 21.2. The number of likely N-dealkylation sites (tertiary alicyclic amines) is 1. The van der Waals surface area contributed by atoms with Gasteiger partial charge in [0.25, 0.3) is 17.4 Å². The number of H-pyrrole nitrogens is 1. The third-order valence-electron chi connectivity index (χ3n) is 14.3. The largest absolute Gasteiger partial charge is 0.480 e. The van der Waals surface area contributed by atoms with Crippen molar-refractivity contribution in [2.75, 3.05) is 25.1 Å². The van der Waals surface area contributed by atoms with Crippen LogP contribution in [0.25, 0.3) is 21.8 Å². The number of carbonyl (C=O) groups excluding carboxylic acids is 5. The van der Waals surface area contributed by atoms with Gasteiger partial charge < -0.3 is 34.8 Å². The summed E-state index contributed by atoms with van der Waals surface area (Å²) >= 11 is 14.2. The summed E-state index contributed by atoms with van der Waals surface area (Å²) in [4.78, 5) is 106. The van der Waals surface area contributed by atoms with E-state index >= 15 is 0 Å². The Labute approximate surface area is 470 Å². The number of halogens is 2. The molecule has 0 aliphatic carbocycles. The first-order valence-electron chi connectivity index (χ1n) is 26.4. The van der Waals surface area contributed by atoms with E-state index in [1.54, 1.807) is 46.6 Å². The van der Waals surface area contributed by atoms with Gasteiger partial charge in [0.15, 0.2) is 5.69 Å². The number of fused-ring (bicyclic) bond motifs is 1. The lowest BCUT2D eigenvalue weighted by Crippen LogP contribution is -2.59. The molecule has 8 rings (SSSR count). The third-order valence-corrected chi connectivity index (χ3v) is 17.5. The molecule has 411 valence electrons. The van der Waals surface area contributed by atoms with Crippen molar-refractivity contribution in [2.24, 2.45) is 5.41 Å². The van der Waals surface area contributed by atoms with Crippen molar-refractivity contribution in [1.82, 2.24) is 45.0 Å². The normalized spacial score (nSPS) is 15.7. The summed E-state index contributed by atoms with van der Waals surface area (Å²) in [6.07, 6.45) is 9.26. The van der Waals surface area contributed by atoms with Crippen LogP contribution < -0.4 is 36.0 Å². The van der Waals surface area contributed by atoms with Gasteiger partial charge in [0.1, 0.15) is 29.6 Å². The standard InChI is InChI=1S/C57H67Cl2N10O7SSi/c1-33(2)68-47-45(55(74)69(43-29-39(59)31-61-52(43)72)46(47)35-18-22-38(58)23-19-35)65-50(68)41-28-37(30-62-54(41)76-7)51(71)60-26-14-12-10-9-11-13-17-44(70)64-49(57(4,5)6)56(75)67-27-15-16-42(67)53(73)66-78(8)40-24-20-36(21-25-40)48-34(3)63-32-77-48/h18-25,28-33,42,46,49H,9-17,26-27H2,1-8H3,(H,60,71)(H,61,72)(H,64,70)(H,66,73)/t42-,46?,49+/m0/s1. The molecule has 3 atom stereocenters. The van der Waals surface area contributed by atoms with Gasteiger partial charge in [-0.25, -0.2) is 15.0 Å². The van der Waals surface area contributed by atoms with Crippen molar-refractivity contribution in [3.8, 4) is 27.7 Å². The number of hydrogen-bond acceptors (Lipinski definition) is 11. The van der Waals surface area contributed by atoms with E-state index in [-0.39, 0.29) is 63.9 Å². The Morgan fingerprint density at radius 1 is 0.936 bits per heavy atom. The molecule has 2 aliphatic heterocycles. The van der Waals surface area contributed by atoms with Gasteiger partial charge in [0.2, 0.25) is 32.6 Å². The maximum absolute atomic E-state index is 14.4. The minimum absolute atomic E-state index is 0.0606. The minimum Gasteiger partial charge on any atom is -0.480 e. The Hall–Kier alpha value is -6.67. The molecule has 4 aromatic heterocycles. The van der Waals surface area contributed by atoms with E-state index in [0.29, 0.717) is 60.0 Å². The van der Waals surface area contributed by atoms with Gasteiger partial charge in [0, 0.05) is 43.0 Å². The molecular formula is C57H67Cl2N10O7SSi. The highest BCUT2D eigenvalue weighted by Crippen LogP contribution is 2.45. The van der Waals surface area contributed by atoms with Crippen LogP contribution >= 0.6 is 34.5 Å². The van der Waals surface area contributed by atoms with Gasteiger partial charge in [-0.1, -0.05) is 106 Å². The molecule has 6 aromatic rings. The van der Waals surface area contributed by atoms with Crippen LogP contribution in [0.4, 0.5) is 5.69 Å². The molecule has 0 bridgehead atoms. The molecule has 1 radical (unpaired) electrons. The van der Waals surface area contributed by atoms with E-state index in [4.69, 9.17) is 32.9 Å². The number of carbonyl (C=O) groups is 5. The maximum Gasteiger partial charge on any atom is 0.279 e. The number of amides is 5. The number of pyridine rings is 2. The number of ether oxygens (including phenoxy) is 1. The lowest BCUT2D eigenvalue weighted by atomic mass is 9.85. The van der Waals surface area contributed by atoms with Crippen molar-refractivity contribution >= 4 is 83.9 Å². The molecule has 1 unspecified atom stereocenters. The van der Waals surface area contributed by atoms with E-state index in [0.717, 1.165) is 53.4 Å². The van der Waals surface area contributed by atoms with Crippen molar-refractivity contribution in [1.29, 1.82) is 0 Å². The number of nitrogens with one attached hydrogen (secondary N) is 4. The Bertz CT molecular complexity index is 3230. The summed E-state index contributed by atoms with van der Waals surface area (Å²) < 4.78 is 7.60. The van der Waals surface area contributed by atoms with Crippen molar-refractivity contribution in [3.63, 3.8) is 0 Å². The van der Waals surface area contributed by atoms with E-state index in [9.17, 15) is 28.8 Å². The topological polar surface area (TPSA) is 214 Å². The highest BCUT2D eigenvalue weighted by atomic mass is 35.5. The molecule has 2 aliphatic rings. The van der Waals surface area contributed by atoms with E-state index < -0.39 is 44.0 Å². The highest BCUT2D eigenvalue weighted by molar-refractivity contribution is 7.13. The molecule has 2 aromatic carbocycles. The van der Waals surface area contributed by atoms with Gasteiger partial charge in [-0.15, -0.1) is 11.3 Å². The van der Waals surface area contributed by atoms with Gasteiger partial charge in [0.05, 0.1) is 45.0 Å². The number of unbranched alkanes of at least 4 members (excludes halogenated alkanes) is 5. The number of aromatic nitrogens is 5. The fourth-order valence-corrected chi connectivity index (χ4v) is 12.7. The summed E-state index contributed by atoms with van der Waals surface area (Å²) in [6, 6.07) is 16.0. The van der Waals surface area contributed by atoms with E-state index in [2.05, 4.69) is 54.8 Å². The predicted octanol–water partition coefficient (Wildman–Crippen LogP) is 9.34. The molecule has 1 saturated heterocycles. The summed E-state index contributed by atoms with van der Waals surface area (Å²) in [5.41, 5.74) is 4.94. The predicted molar refractivity (Wildman–Crippen MR) is 307 cm³/mol. The van der Waals surface area contributed by atoms with Gasteiger partial charge in [-0.3, -0.25) is 33.7 Å². The molecule has 6 heterocycles. The van der Waals surface area contributed by atoms with Crippen LogP contribution in [0.3, 0.4) is 0 Å². The molecule has 21 heteroatoms. The Balaban J connectivity index is 0.811. The number of nitrogens with zero attached hydrogens (tertiary/aromatic N) is 6. The first-order chi connectivity index (χ1) is 37.3. The lowest BCUT2D eigenvalue weighted by Gasteiger charge is -2.35. The SMILES string of the molecule is COc1ncc(C(=O)NCCCCCCCCC(=O)N[C@H](C(=O)N2CCC[C@H]2C(=O)N[Si](C)c2ccc(-c3scnc3C)cc2)C(C)(C)C)cc1-c1nc2c(n1C(C)C)C(c1ccc(Cl)cc1)N(c1cc(Cl)c[nH]c1=O)C2=O. The number of thiazole rings is 1. The van der Waals surface area contributed by atoms with E-state index in [1.807, 2.05) is 58.2 Å². The number of benzene rings is 2. The van der Waals surface area contributed by atoms with Gasteiger partial charge in [-0.2, -0.15) is 0 Å². The van der Waals surface area contributed by atoms with Crippen molar-refractivity contribution < 1.29 is 28.7 Å². The lowest BCUT2D eigenvalue weighted by molar-refractivity contribution is -0.143. The van der Waals surface area contributed by atoms with Crippen LogP contribution in [0.15, 0.2) is 83.4 Å². The fraction of sp³-hybridized carbons (Fsp3) is 0.421. The van der Waals surface area contributed by atoms with Gasteiger partial charge >= 0.3 is 0 Å². The molecule has 5 amide bonds. The van der Waals surface area contributed by atoms with Crippen LogP contribution in [-0.4, -0.2) is 100 Å². The summed E-state index contributed by atoms with van der Waals surface area (Å²) in [6.45, 7) is 14.6. The van der Waals surface area contributed by atoms with E-state index in [1.165, 1.54) is 30.5 Å². The number of anilines is 1. The molecule has 0 spiro atoms. The number of imidazole rings is 1. The zero-order chi connectivity index (χ0) is 56.0. The van der Waals surface area contributed by atoms with Crippen LogP contribution in [0.5, 0.6) is 5.88 Å². The zero-order valence-electron chi connectivity index (χ0n) is 45.3. The second kappa shape index (κ2) is 25.0. The molecule has 0 saturated carbocycles. The van der Waals surface area contributed by atoms with Crippen LogP contribution in [0.2, 0.25) is 16.6 Å². The molecule has 4 N–H and O–H groups in total. The first kappa shape index (κ1) is 57.5. The summed E-state index contributed by atoms with van der Waals surface area (Å²) in [7, 11) is 0.0295. The Morgan fingerprint density at radius 3 is 2.31 bits per heavy atom. The maximum atomic E-state index is 14.4. The average molecular weight is 1140 g/mol. The molecule has 17 nitrogen and oxygen atoms in total. The second-order valence-corrected chi connectivity index (χ2v) is 25.0. The molecule has 78 heavy (non-hydrogen) atoms. The van der Waals surface area contributed by atoms with Crippen LogP contribution in [0.1, 0.15) is 142 Å². The first-order valence-corrected chi connectivity index (χ1v) is 30.1. The van der Waals surface area contributed by atoms with Crippen LogP contribution in [-0.2, 0) is 14.4 Å². The number of aromatic amines is 1. The minimum atomic E-state index is -1.44. The monoisotopic (exact) mass is 1130 g/mol. The Kier molecular flexibility index (Phi) is 18.4. The molecule has 1 fully saturated rings. The third kappa shape index (κ3) is 12.7. The number of rotatable bonds is 21. The van der Waals surface area contributed by atoms with Crippen molar-refractivity contribution in [3.05, 3.63) is 127 Å². The van der Waals surface area contributed by atoms with Crippen molar-refractivity contribution in [2.45, 2.75) is 130 Å². The Morgan fingerprint density at radius 2 is 1.64 bits per heavy atom. The summed E-state index contributed by atoms with van der Waals surface area (Å²) in [5, 5.41) is 7.85. The average Bonchev–Trinajstić information content (AvgIpc) is 4.38. The quantitative estimate of drug-likeness (QED) is 0.0396. The van der Waals surface area contributed by atoms with Crippen LogP contribution in [0, 0.1) is 12.3 Å².